The average Bonchev–Trinajstić information content (AvgIpc) is 2.26. The zero-order chi connectivity index (χ0) is 8.55. The van der Waals surface area contributed by atoms with Crippen LogP contribution in [-0.4, -0.2) is 0 Å². The molecule has 0 aliphatic heterocycles. The third-order valence-electron chi connectivity index (χ3n) is 4.39. The van der Waals surface area contributed by atoms with Gasteiger partial charge in [0.2, 0.25) is 0 Å². The molecule has 0 unspecified atom stereocenters. The van der Waals surface area contributed by atoms with E-state index in [0.29, 0.717) is 0 Å². The van der Waals surface area contributed by atoms with Crippen LogP contribution >= 0.6 is 0 Å². The van der Waals surface area contributed by atoms with Crippen molar-refractivity contribution in [3.63, 3.8) is 0 Å². The molecule has 0 aromatic carbocycles. The van der Waals surface area contributed by atoms with Gasteiger partial charge in [-0.15, -0.1) is 0 Å². The highest BCUT2D eigenvalue weighted by molar-refractivity contribution is 4.92. The molecule has 0 nitrogen and oxygen atoms in total. The number of hydrogen-bond donors (Lipinski definition) is 0. The van der Waals surface area contributed by atoms with Gasteiger partial charge in [0, 0.05) is 0 Å². The molecule has 0 bridgehead atoms. The molecular weight excluding hydrogens is 144 g/mol. The summed E-state index contributed by atoms with van der Waals surface area (Å²) in [5.41, 5.74) is 0. The van der Waals surface area contributed by atoms with Crippen LogP contribution < -0.4 is 0 Å². The van der Waals surface area contributed by atoms with Crippen molar-refractivity contribution in [1.82, 2.24) is 0 Å². The van der Waals surface area contributed by atoms with Crippen molar-refractivity contribution in [2.45, 2.75) is 52.4 Å². The van der Waals surface area contributed by atoms with Gasteiger partial charge in [-0.05, 0) is 55.8 Å². The minimum atomic E-state index is 0.981. The Morgan fingerprint density at radius 1 is 1.17 bits per heavy atom. The van der Waals surface area contributed by atoms with Gasteiger partial charge >= 0.3 is 0 Å². The predicted molar refractivity (Wildman–Crippen MR) is 53.0 cm³/mol. The van der Waals surface area contributed by atoms with E-state index >= 15 is 0 Å². The Morgan fingerprint density at radius 3 is 2.42 bits per heavy atom. The van der Waals surface area contributed by atoms with Crippen LogP contribution in [0, 0.1) is 23.7 Å². The van der Waals surface area contributed by atoms with E-state index in [2.05, 4.69) is 13.8 Å². The molecule has 0 spiro atoms. The maximum atomic E-state index is 2.42. The lowest BCUT2D eigenvalue weighted by molar-refractivity contribution is 0.154. The molecule has 70 valence electrons. The molecule has 0 heteroatoms. The van der Waals surface area contributed by atoms with E-state index in [-0.39, 0.29) is 0 Å². The number of fused-ring (bicyclic) bond motifs is 1. The zero-order valence-electron chi connectivity index (χ0n) is 8.55. The average molecular weight is 166 g/mol. The largest absolute Gasteiger partial charge is 0.0651 e. The van der Waals surface area contributed by atoms with Gasteiger partial charge in [0.1, 0.15) is 0 Å². The normalized spacial score (nSPS) is 42.0. The van der Waals surface area contributed by atoms with Gasteiger partial charge in [-0.2, -0.15) is 0 Å². The van der Waals surface area contributed by atoms with Crippen molar-refractivity contribution in [3.05, 3.63) is 0 Å². The van der Waals surface area contributed by atoms with Gasteiger partial charge in [0.25, 0.3) is 0 Å². The summed E-state index contributed by atoms with van der Waals surface area (Å²) in [7, 11) is 0. The van der Waals surface area contributed by atoms with Gasteiger partial charge in [0.15, 0.2) is 0 Å². The fourth-order valence-corrected chi connectivity index (χ4v) is 3.19. The van der Waals surface area contributed by atoms with Crippen LogP contribution in [0.5, 0.6) is 0 Å². The third-order valence-corrected chi connectivity index (χ3v) is 4.39. The smallest absolute Gasteiger partial charge is 0.0357 e. The first kappa shape index (κ1) is 8.59. The molecule has 0 aromatic rings. The summed E-state index contributed by atoms with van der Waals surface area (Å²) in [6, 6.07) is 0. The Labute approximate surface area is 76.7 Å². The first-order valence-corrected chi connectivity index (χ1v) is 5.81. The maximum Gasteiger partial charge on any atom is -0.0357 e. The summed E-state index contributed by atoms with van der Waals surface area (Å²) in [6.07, 6.45) is 9.14. The topological polar surface area (TPSA) is 0 Å². The molecule has 2 aliphatic rings. The second kappa shape index (κ2) is 3.40. The summed E-state index contributed by atoms with van der Waals surface area (Å²) in [5.74, 6) is 4.44. The van der Waals surface area contributed by atoms with Gasteiger partial charge < -0.3 is 0 Å². The monoisotopic (exact) mass is 166 g/mol. The Balaban J connectivity index is 1.81. The van der Waals surface area contributed by atoms with Crippen molar-refractivity contribution in [2.75, 3.05) is 0 Å². The van der Waals surface area contributed by atoms with Crippen molar-refractivity contribution in [3.8, 4) is 0 Å². The van der Waals surface area contributed by atoms with Crippen molar-refractivity contribution in [2.24, 2.45) is 23.7 Å². The molecular formula is C12H22. The maximum absolute atomic E-state index is 2.42. The fourth-order valence-electron chi connectivity index (χ4n) is 3.19. The third kappa shape index (κ3) is 1.41. The second-order valence-electron chi connectivity index (χ2n) is 5.09. The van der Waals surface area contributed by atoms with E-state index in [1.807, 2.05) is 0 Å². The van der Waals surface area contributed by atoms with Crippen LogP contribution in [0.1, 0.15) is 52.4 Å². The summed E-state index contributed by atoms with van der Waals surface area (Å²) in [6.45, 7) is 4.75. The molecule has 2 saturated carbocycles. The second-order valence-corrected chi connectivity index (χ2v) is 5.09. The van der Waals surface area contributed by atoms with Crippen LogP contribution in [0.25, 0.3) is 0 Å². The fraction of sp³-hybridized carbons (Fsp3) is 1.00. The van der Waals surface area contributed by atoms with Crippen LogP contribution in [0.2, 0.25) is 0 Å². The highest BCUT2D eigenvalue weighted by Gasteiger charge is 2.41. The van der Waals surface area contributed by atoms with E-state index in [0.717, 1.165) is 11.8 Å². The predicted octanol–water partition coefficient (Wildman–Crippen LogP) is 3.86. The number of hydrogen-bond acceptors (Lipinski definition) is 0. The lowest BCUT2D eigenvalue weighted by Gasteiger charge is -2.35. The van der Waals surface area contributed by atoms with Crippen LogP contribution in [0.3, 0.4) is 0 Å². The molecule has 4 atom stereocenters. The minimum absolute atomic E-state index is 0.981. The van der Waals surface area contributed by atoms with Gasteiger partial charge in [0.05, 0.1) is 0 Å². The zero-order valence-corrected chi connectivity index (χ0v) is 8.55. The van der Waals surface area contributed by atoms with Crippen molar-refractivity contribution < 1.29 is 0 Å². The molecule has 0 N–H and O–H groups in total. The summed E-state index contributed by atoms with van der Waals surface area (Å²) >= 11 is 0. The van der Waals surface area contributed by atoms with E-state index in [9.17, 15) is 0 Å². The molecule has 2 fully saturated rings. The molecule has 0 heterocycles. The lowest BCUT2D eigenvalue weighted by Crippen LogP contribution is -2.25. The van der Waals surface area contributed by atoms with Crippen LogP contribution in [-0.2, 0) is 0 Å². The Kier molecular flexibility index (Phi) is 2.43. The van der Waals surface area contributed by atoms with Crippen LogP contribution in [0.4, 0.5) is 0 Å². The molecule has 0 radical (unpaired) electrons. The molecule has 2 rings (SSSR count). The van der Waals surface area contributed by atoms with Gasteiger partial charge in [-0.1, -0.05) is 20.3 Å². The molecule has 2 aliphatic carbocycles. The Morgan fingerprint density at radius 2 is 1.92 bits per heavy atom. The summed E-state index contributed by atoms with van der Waals surface area (Å²) in [4.78, 5) is 0. The molecule has 12 heavy (non-hydrogen) atoms. The summed E-state index contributed by atoms with van der Waals surface area (Å²) < 4.78 is 0. The van der Waals surface area contributed by atoms with E-state index in [4.69, 9.17) is 0 Å². The molecule has 0 aromatic heterocycles. The van der Waals surface area contributed by atoms with Gasteiger partial charge in [-0.3, -0.25) is 0 Å². The SMILES string of the molecule is CC[C@@H](C)C[C@@H]1CC[C@@H]2CC[C@@H]21. The first-order valence-electron chi connectivity index (χ1n) is 5.81. The first-order chi connectivity index (χ1) is 5.81. The van der Waals surface area contributed by atoms with E-state index < -0.39 is 0 Å². The lowest BCUT2D eigenvalue weighted by atomic mass is 9.71. The van der Waals surface area contributed by atoms with Crippen LogP contribution in [0.15, 0.2) is 0 Å². The Bertz CT molecular complexity index is 150. The quantitative estimate of drug-likeness (QED) is 0.597. The number of rotatable bonds is 3. The van der Waals surface area contributed by atoms with Crippen molar-refractivity contribution in [1.29, 1.82) is 0 Å². The highest BCUT2D eigenvalue weighted by atomic mass is 14.5. The standard InChI is InChI=1S/C12H22/c1-3-9(2)8-11-5-4-10-6-7-12(10)11/h9-12H,3-8H2,1-2H3/t9-,10-,11+,12+/m1/s1. The van der Waals surface area contributed by atoms with Crippen molar-refractivity contribution >= 4 is 0 Å². The highest BCUT2D eigenvalue weighted by Crippen LogP contribution is 2.52. The van der Waals surface area contributed by atoms with Gasteiger partial charge in [-0.25, -0.2) is 0 Å². The van der Waals surface area contributed by atoms with E-state index in [1.165, 1.54) is 24.7 Å². The molecule has 0 saturated heterocycles. The Hall–Kier alpha value is 0. The van der Waals surface area contributed by atoms with E-state index in [1.54, 1.807) is 25.7 Å². The summed E-state index contributed by atoms with van der Waals surface area (Å²) in [5, 5.41) is 0. The molecule has 0 amide bonds. The minimum Gasteiger partial charge on any atom is -0.0651 e.